The minimum Gasteiger partial charge on any atom is -0.383 e. The highest BCUT2D eigenvalue weighted by atomic mass is 15.1. The molecule has 0 saturated carbocycles. The Balaban J connectivity index is 2.45. The van der Waals surface area contributed by atoms with Crippen LogP contribution in [-0.2, 0) is 6.42 Å². The second-order valence-corrected chi connectivity index (χ2v) is 4.98. The Morgan fingerprint density at radius 2 is 2.05 bits per heavy atom. The van der Waals surface area contributed by atoms with E-state index in [4.69, 9.17) is 5.73 Å². The van der Waals surface area contributed by atoms with Gasteiger partial charge in [0, 0.05) is 12.0 Å². The lowest BCUT2D eigenvalue weighted by molar-refractivity contribution is 0.836. The van der Waals surface area contributed by atoms with Gasteiger partial charge in [-0.1, -0.05) is 19.1 Å². The highest BCUT2D eigenvalue weighted by Crippen LogP contribution is 2.25. The molecule has 1 aromatic carbocycles. The van der Waals surface area contributed by atoms with Gasteiger partial charge in [-0.15, -0.1) is 0 Å². The summed E-state index contributed by atoms with van der Waals surface area (Å²) < 4.78 is 0. The van der Waals surface area contributed by atoms with Crippen LogP contribution in [0.1, 0.15) is 35.9 Å². The molecular weight excluding hydrogens is 262 g/mol. The van der Waals surface area contributed by atoms with Gasteiger partial charge in [0.15, 0.2) is 0 Å². The molecule has 0 aliphatic heterocycles. The molecule has 0 fully saturated rings. The fourth-order valence-electron chi connectivity index (χ4n) is 2.09. The number of aromatic nitrogens is 2. The van der Waals surface area contributed by atoms with Crippen LogP contribution in [0.25, 0.3) is 0 Å². The Morgan fingerprint density at radius 3 is 2.71 bits per heavy atom. The first kappa shape index (κ1) is 14.8. The van der Waals surface area contributed by atoms with Gasteiger partial charge in [0.25, 0.3) is 0 Å². The van der Waals surface area contributed by atoms with Gasteiger partial charge in [0.1, 0.15) is 23.5 Å². The summed E-state index contributed by atoms with van der Waals surface area (Å²) in [5.41, 5.74) is 9.02. The van der Waals surface area contributed by atoms with Crippen LogP contribution in [0.2, 0.25) is 0 Å². The van der Waals surface area contributed by atoms with E-state index in [2.05, 4.69) is 28.3 Å². The highest BCUT2D eigenvalue weighted by molar-refractivity contribution is 5.69. The predicted octanol–water partition coefficient (Wildman–Crippen LogP) is 3.24. The molecule has 21 heavy (non-hydrogen) atoms. The largest absolute Gasteiger partial charge is 0.383 e. The maximum absolute atomic E-state index is 9.29. The fourth-order valence-corrected chi connectivity index (χ4v) is 2.09. The lowest BCUT2D eigenvalue weighted by Gasteiger charge is -2.13. The van der Waals surface area contributed by atoms with Crippen LogP contribution < -0.4 is 11.1 Å². The Hall–Kier alpha value is -2.61. The monoisotopic (exact) mass is 281 g/mol. The number of nitrogens with two attached hydrogens (primary N) is 1. The van der Waals surface area contributed by atoms with Crippen molar-refractivity contribution in [3.8, 4) is 6.07 Å². The SMILES string of the molecule is CCCc1nc(N)c(C)c(Nc2cccc(C)c2C#N)n1. The maximum atomic E-state index is 9.29. The van der Waals surface area contributed by atoms with E-state index >= 15 is 0 Å². The standard InChI is InChI=1S/C16H19N5/c1-4-6-14-20-15(18)11(3)16(21-14)19-13-8-5-7-10(2)12(13)9-17/h5,7-8H,4,6H2,1-3H3,(H3,18,19,20,21). The van der Waals surface area contributed by atoms with Crippen molar-refractivity contribution in [3.63, 3.8) is 0 Å². The third-order valence-electron chi connectivity index (χ3n) is 3.34. The van der Waals surface area contributed by atoms with Gasteiger partial charge in [-0.3, -0.25) is 0 Å². The van der Waals surface area contributed by atoms with Crippen LogP contribution in [0.15, 0.2) is 18.2 Å². The maximum Gasteiger partial charge on any atom is 0.139 e. The van der Waals surface area contributed by atoms with Crippen LogP contribution in [0.3, 0.4) is 0 Å². The average Bonchev–Trinajstić information content (AvgIpc) is 2.45. The number of anilines is 3. The quantitative estimate of drug-likeness (QED) is 0.898. The molecule has 5 nitrogen and oxygen atoms in total. The molecule has 0 amide bonds. The van der Waals surface area contributed by atoms with Crippen LogP contribution in [-0.4, -0.2) is 9.97 Å². The van der Waals surface area contributed by atoms with E-state index < -0.39 is 0 Å². The number of rotatable bonds is 4. The van der Waals surface area contributed by atoms with Crippen LogP contribution in [0, 0.1) is 25.2 Å². The summed E-state index contributed by atoms with van der Waals surface area (Å²) in [6, 6.07) is 7.90. The molecule has 108 valence electrons. The summed E-state index contributed by atoms with van der Waals surface area (Å²) in [5, 5.41) is 12.5. The van der Waals surface area contributed by atoms with Gasteiger partial charge < -0.3 is 11.1 Å². The van der Waals surface area contributed by atoms with Gasteiger partial charge in [0.05, 0.1) is 11.3 Å². The van der Waals surface area contributed by atoms with Crippen molar-refractivity contribution < 1.29 is 0 Å². The molecule has 1 aromatic heterocycles. The van der Waals surface area contributed by atoms with E-state index in [0.29, 0.717) is 23.0 Å². The van der Waals surface area contributed by atoms with Crippen LogP contribution in [0.4, 0.5) is 17.3 Å². The smallest absolute Gasteiger partial charge is 0.139 e. The van der Waals surface area contributed by atoms with Crippen LogP contribution in [0.5, 0.6) is 0 Å². The Morgan fingerprint density at radius 1 is 1.29 bits per heavy atom. The van der Waals surface area contributed by atoms with Crippen molar-refractivity contribution in [2.45, 2.75) is 33.6 Å². The van der Waals surface area contributed by atoms with E-state index in [0.717, 1.165) is 29.7 Å². The molecule has 0 radical (unpaired) electrons. The van der Waals surface area contributed by atoms with Crippen molar-refractivity contribution in [2.75, 3.05) is 11.1 Å². The molecule has 2 rings (SSSR count). The molecule has 0 spiro atoms. The van der Waals surface area contributed by atoms with E-state index in [9.17, 15) is 5.26 Å². The van der Waals surface area contributed by atoms with Gasteiger partial charge in [-0.25, -0.2) is 9.97 Å². The zero-order valence-corrected chi connectivity index (χ0v) is 12.6. The molecule has 3 N–H and O–H groups in total. The Kier molecular flexibility index (Phi) is 4.39. The molecule has 0 atom stereocenters. The minimum atomic E-state index is 0.474. The second kappa shape index (κ2) is 6.23. The lowest BCUT2D eigenvalue weighted by Crippen LogP contribution is -2.07. The molecule has 0 bridgehead atoms. The third kappa shape index (κ3) is 3.11. The molecule has 1 heterocycles. The first-order chi connectivity index (χ1) is 10.1. The van der Waals surface area contributed by atoms with Crippen molar-refractivity contribution in [1.82, 2.24) is 9.97 Å². The summed E-state index contributed by atoms with van der Waals surface area (Å²) in [4.78, 5) is 8.80. The van der Waals surface area contributed by atoms with Gasteiger partial charge in [-0.2, -0.15) is 5.26 Å². The molecule has 2 aromatic rings. The number of hydrogen-bond acceptors (Lipinski definition) is 5. The predicted molar refractivity (Wildman–Crippen MR) is 84.4 cm³/mol. The van der Waals surface area contributed by atoms with Gasteiger partial charge in [-0.05, 0) is 31.9 Å². The van der Waals surface area contributed by atoms with Crippen molar-refractivity contribution in [2.24, 2.45) is 0 Å². The average molecular weight is 281 g/mol. The fraction of sp³-hybridized carbons (Fsp3) is 0.312. The normalized spacial score (nSPS) is 10.2. The summed E-state index contributed by atoms with van der Waals surface area (Å²) in [7, 11) is 0. The topological polar surface area (TPSA) is 87.6 Å². The number of hydrogen-bond donors (Lipinski definition) is 2. The number of benzene rings is 1. The number of nitriles is 1. The molecule has 0 saturated heterocycles. The summed E-state index contributed by atoms with van der Waals surface area (Å²) in [6.45, 7) is 5.85. The molecule has 0 aliphatic carbocycles. The van der Waals surface area contributed by atoms with Gasteiger partial charge >= 0.3 is 0 Å². The summed E-state index contributed by atoms with van der Waals surface area (Å²) in [6.07, 6.45) is 1.73. The van der Waals surface area contributed by atoms with E-state index in [1.165, 1.54) is 0 Å². The first-order valence-corrected chi connectivity index (χ1v) is 6.96. The summed E-state index contributed by atoms with van der Waals surface area (Å²) in [5.74, 6) is 1.85. The zero-order chi connectivity index (χ0) is 15.4. The van der Waals surface area contributed by atoms with E-state index in [1.54, 1.807) is 0 Å². The number of nitrogen functional groups attached to an aromatic ring is 1. The number of nitrogens with one attached hydrogen (secondary N) is 1. The molecular formula is C16H19N5. The van der Waals surface area contributed by atoms with Gasteiger partial charge in [0.2, 0.25) is 0 Å². The van der Waals surface area contributed by atoms with Crippen molar-refractivity contribution in [1.29, 1.82) is 5.26 Å². The minimum absolute atomic E-state index is 0.474. The summed E-state index contributed by atoms with van der Waals surface area (Å²) >= 11 is 0. The van der Waals surface area contributed by atoms with Crippen molar-refractivity contribution in [3.05, 3.63) is 40.7 Å². The Labute approximate surface area is 124 Å². The van der Waals surface area contributed by atoms with E-state index in [-0.39, 0.29) is 0 Å². The number of nitrogens with zero attached hydrogens (tertiary/aromatic N) is 3. The number of aryl methyl sites for hydroxylation is 2. The van der Waals surface area contributed by atoms with Crippen molar-refractivity contribution >= 4 is 17.3 Å². The molecule has 0 aliphatic rings. The first-order valence-electron chi connectivity index (χ1n) is 6.96. The molecule has 0 unspecified atom stereocenters. The lowest BCUT2D eigenvalue weighted by atomic mass is 10.1. The zero-order valence-electron chi connectivity index (χ0n) is 12.6. The third-order valence-corrected chi connectivity index (χ3v) is 3.34. The van der Waals surface area contributed by atoms with E-state index in [1.807, 2.05) is 32.0 Å². The second-order valence-electron chi connectivity index (χ2n) is 4.98. The van der Waals surface area contributed by atoms with Crippen LogP contribution >= 0.6 is 0 Å². The highest BCUT2D eigenvalue weighted by Gasteiger charge is 2.11. The molecule has 5 heteroatoms. The Bertz CT molecular complexity index is 701.